The van der Waals surface area contributed by atoms with E-state index in [9.17, 15) is 4.79 Å². The van der Waals surface area contributed by atoms with Gasteiger partial charge >= 0.3 is 0 Å². The van der Waals surface area contributed by atoms with Gasteiger partial charge in [-0.3, -0.25) is 4.79 Å². The highest BCUT2D eigenvalue weighted by atomic mass is 16.5. The first-order chi connectivity index (χ1) is 4.70. The first kappa shape index (κ1) is 7.48. The number of ether oxygens (including phenoxy) is 1. The topological polar surface area (TPSA) is 26.3 Å². The van der Waals surface area contributed by atoms with Gasteiger partial charge in [0.25, 0.3) is 0 Å². The molecule has 0 aromatic rings. The summed E-state index contributed by atoms with van der Waals surface area (Å²) in [7, 11) is 0. The van der Waals surface area contributed by atoms with E-state index in [4.69, 9.17) is 4.74 Å². The molecule has 1 fully saturated rings. The van der Waals surface area contributed by atoms with Gasteiger partial charge in [0.2, 0.25) is 0 Å². The summed E-state index contributed by atoms with van der Waals surface area (Å²) >= 11 is 0. The molecule has 1 aliphatic rings. The Labute approximate surface area is 60.9 Å². The van der Waals surface area contributed by atoms with Crippen LogP contribution in [0.25, 0.3) is 0 Å². The maximum absolute atomic E-state index is 10.9. The molecule has 1 unspecified atom stereocenters. The second kappa shape index (κ2) is 2.97. The van der Waals surface area contributed by atoms with Gasteiger partial charge in [-0.05, 0) is 6.92 Å². The number of rotatable bonds is 2. The Balaban J connectivity index is 2.40. The fourth-order valence-corrected chi connectivity index (χ4v) is 1.04. The highest BCUT2D eigenvalue weighted by Gasteiger charge is 2.24. The van der Waals surface area contributed by atoms with E-state index in [1.54, 1.807) is 0 Å². The largest absolute Gasteiger partial charge is 0.370 e. The van der Waals surface area contributed by atoms with E-state index in [-0.39, 0.29) is 11.9 Å². The molecule has 1 atom stereocenters. The van der Waals surface area contributed by atoms with Gasteiger partial charge in [0.05, 0.1) is 6.61 Å². The molecule has 2 heteroatoms. The first-order valence-electron chi connectivity index (χ1n) is 3.49. The Hall–Kier alpha value is -0.630. The summed E-state index contributed by atoms with van der Waals surface area (Å²) in [5, 5.41) is 0. The van der Waals surface area contributed by atoms with Crippen LogP contribution >= 0.6 is 0 Å². The first-order valence-corrected chi connectivity index (χ1v) is 3.49. The van der Waals surface area contributed by atoms with Crippen LogP contribution in [0.5, 0.6) is 0 Å². The molecule has 0 saturated carbocycles. The van der Waals surface area contributed by atoms with E-state index >= 15 is 0 Å². The van der Waals surface area contributed by atoms with Gasteiger partial charge in [0.15, 0.2) is 5.78 Å². The molecule has 1 aliphatic heterocycles. The Kier molecular flexibility index (Phi) is 2.22. The van der Waals surface area contributed by atoms with E-state index in [1.807, 2.05) is 6.92 Å². The fraction of sp³-hybridized carbons (Fsp3) is 0.625. The Morgan fingerprint density at radius 3 is 3.00 bits per heavy atom. The maximum Gasteiger partial charge on any atom is 0.164 e. The van der Waals surface area contributed by atoms with E-state index < -0.39 is 0 Å². The molecule has 0 amide bonds. The lowest BCUT2D eigenvalue weighted by molar-refractivity contribution is -0.122. The summed E-state index contributed by atoms with van der Waals surface area (Å²) in [6.45, 7) is 6.23. The average Bonchev–Trinajstić information content (AvgIpc) is 2.15. The van der Waals surface area contributed by atoms with Crippen LogP contribution in [0.1, 0.15) is 19.8 Å². The zero-order chi connectivity index (χ0) is 7.56. The van der Waals surface area contributed by atoms with Crippen molar-refractivity contribution in [1.82, 2.24) is 0 Å². The highest BCUT2D eigenvalue weighted by molar-refractivity contribution is 5.84. The lowest BCUT2D eigenvalue weighted by atomic mass is 10.1. The van der Waals surface area contributed by atoms with Gasteiger partial charge in [-0.1, -0.05) is 5.57 Å². The number of ketones is 1. The molecule has 0 bridgehead atoms. The molecule has 0 N–H and O–H groups in total. The third-order valence-electron chi connectivity index (χ3n) is 1.56. The van der Waals surface area contributed by atoms with Crippen LogP contribution in [0.2, 0.25) is 0 Å². The zero-order valence-corrected chi connectivity index (χ0v) is 6.22. The number of hydrogen-bond acceptors (Lipinski definition) is 2. The number of carbonyl (C=O) groups excluding carboxylic acids is 1. The van der Waals surface area contributed by atoms with Crippen LogP contribution < -0.4 is 0 Å². The molecule has 56 valence electrons. The molecular formula is C8H12O2. The summed E-state index contributed by atoms with van der Waals surface area (Å²) in [6, 6.07) is 0. The van der Waals surface area contributed by atoms with Crippen LogP contribution in [0.15, 0.2) is 12.2 Å². The smallest absolute Gasteiger partial charge is 0.164 e. The van der Waals surface area contributed by atoms with Crippen LogP contribution in [0, 0.1) is 0 Å². The van der Waals surface area contributed by atoms with Crippen molar-refractivity contribution in [3.8, 4) is 0 Å². The average molecular weight is 140 g/mol. The summed E-state index contributed by atoms with van der Waals surface area (Å²) in [5.74, 6) is 0.225. The minimum absolute atomic E-state index is 0.183. The molecule has 0 radical (unpaired) electrons. The Morgan fingerprint density at radius 1 is 1.90 bits per heavy atom. The number of carbonyl (C=O) groups is 1. The molecule has 2 nitrogen and oxygen atoms in total. The molecule has 0 aromatic heterocycles. The predicted molar refractivity (Wildman–Crippen MR) is 38.8 cm³/mol. The fourth-order valence-electron chi connectivity index (χ4n) is 1.04. The van der Waals surface area contributed by atoms with Crippen molar-refractivity contribution in [2.45, 2.75) is 25.9 Å². The number of hydrogen-bond donors (Lipinski definition) is 0. The summed E-state index contributed by atoms with van der Waals surface area (Å²) in [5.41, 5.74) is 1.01. The van der Waals surface area contributed by atoms with Gasteiger partial charge in [-0.2, -0.15) is 0 Å². The monoisotopic (exact) mass is 140 g/mol. The van der Waals surface area contributed by atoms with Gasteiger partial charge in [-0.15, -0.1) is 6.58 Å². The quantitative estimate of drug-likeness (QED) is 0.540. The maximum atomic E-state index is 10.9. The highest BCUT2D eigenvalue weighted by Crippen LogP contribution is 2.14. The van der Waals surface area contributed by atoms with E-state index in [0.29, 0.717) is 19.4 Å². The molecule has 1 saturated heterocycles. The van der Waals surface area contributed by atoms with Gasteiger partial charge in [-0.25, -0.2) is 0 Å². The second-order valence-corrected chi connectivity index (χ2v) is 2.74. The lowest BCUT2D eigenvalue weighted by Crippen LogP contribution is -2.14. The Bertz CT molecular complexity index is 161. The standard InChI is InChI=1S/C8H12O2/c1-6(2)5-8-7(9)3-4-10-8/h8H,1,3-5H2,2H3. The number of Topliss-reactive ketones (excluding diaryl/α,β-unsaturated/α-hetero) is 1. The van der Waals surface area contributed by atoms with Crippen LogP contribution in [0.3, 0.4) is 0 Å². The second-order valence-electron chi connectivity index (χ2n) is 2.74. The third kappa shape index (κ3) is 1.67. The van der Waals surface area contributed by atoms with Gasteiger partial charge < -0.3 is 4.74 Å². The molecular weight excluding hydrogens is 128 g/mol. The van der Waals surface area contributed by atoms with Crippen molar-refractivity contribution in [2.75, 3.05) is 6.61 Å². The summed E-state index contributed by atoms with van der Waals surface area (Å²) < 4.78 is 5.17. The third-order valence-corrected chi connectivity index (χ3v) is 1.56. The minimum Gasteiger partial charge on any atom is -0.370 e. The van der Waals surface area contributed by atoms with Gasteiger partial charge in [0.1, 0.15) is 6.10 Å². The van der Waals surface area contributed by atoms with Gasteiger partial charge in [0, 0.05) is 12.8 Å². The minimum atomic E-state index is -0.183. The van der Waals surface area contributed by atoms with Crippen molar-refractivity contribution in [2.24, 2.45) is 0 Å². The van der Waals surface area contributed by atoms with Crippen molar-refractivity contribution in [3.05, 3.63) is 12.2 Å². The normalized spacial score (nSPS) is 25.3. The van der Waals surface area contributed by atoms with Crippen LogP contribution in [-0.2, 0) is 9.53 Å². The van der Waals surface area contributed by atoms with Crippen LogP contribution in [0.4, 0.5) is 0 Å². The van der Waals surface area contributed by atoms with E-state index in [2.05, 4.69) is 6.58 Å². The molecule has 0 aliphatic carbocycles. The zero-order valence-electron chi connectivity index (χ0n) is 6.22. The molecule has 10 heavy (non-hydrogen) atoms. The lowest BCUT2D eigenvalue weighted by Gasteiger charge is -2.05. The summed E-state index contributed by atoms with van der Waals surface area (Å²) in [6.07, 6.45) is 1.09. The molecule has 0 spiro atoms. The van der Waals surface area contributed by atoms with Crippen molar-refractivity contribution in [3.63, 3.8) is 0 Å². The van der Waals surface area contributed by atoms with Crippen molar-refractivity contribution in [1.29, 1.82) is 0 Å². The molecule has 1 rings (SSSR count). The summed E-state index contributed by atoms with van der Waals surface area (Å²) in [4.78, 5) is 10.9. The van der Waals surface area contributed by atoms with E-state index in [0.717, 1.165) is 5.57 Å². The van der Waals surface area contributed by atoms with Crippen molar-refractivity contribution < 1.29 is 9.53 Å². The van der Waals surface area contributed by atoms with Crippen molar-refractivity contribution >= 4 is 5.78 Å². The van der Waals surface area contributed by atoms with Crippen LogP contribution in [-0.4, -0.2) is 18.5 Å². The Morgan fingerprint density at radius 2 is 2.60 bits per heavy atom. The molecule has 1 heterocycles. The predicted octanol–water partition coefficient (Wildman–Crippen LogP) is 1.31. The molecule has 0 aromatic carbocycles. The van der Waals surface area contributed by atoms with E-state index in [1.165, 1.54) is 0 Å². The SMILES string of the molecule is C=C(C)CC1OCCC1=O.